The van der Waals surface area contributed by atoms with E-state index in [1.807, 2.05) is 12.1 Å². The number of benzene rings is 1. The quantitative estimate of drug-likeness (QED) is 0.417. The van der Waals surface area contributed by atoms with Crippen molar-refractivity contribution >= 4 is 29.3 Å². The summed E-state index contributed by atoms with van der Waals surface area (Å²) in [7, 11) is 0. The molecule has 0 fully saturated rings. The first-order valence-electron chi connectivity index (χ1n) is 9.96. The second-order valence-corrected chi connectivity index (χ2v) is 8.71. The number of hydrazone groups is 1. The summed E-state index contributed by atoms with van der Waals surface area (Å²) in [4.78, 5) is 6.16. The zero-order valence-electron chi connectivity index (χ0n) is 17.5. The lowest BCUT2D eigenvalue weighted by Gasteiger charge is -2.47. The smallest absolute Gasteiger partial charge is 0.366 e. The van der Waals surface area contributed by atoms with E-state index in [4.69, 9.17) is 11.6 Å². The molecule has 0 saturated carbocycles. The average molecular weight is 439 g/mol. The van der Waals surface area contributed by atoms with Gasteiger partial charge in [-0.3, -0.25) is 5.43 Å². The highest BCUT2D eigenvalue weighted by Gasteiger charge is 2.36. The van der Waals surface area contributed by atoms with Crippen molar-refractivity contribution in [2.24, 2.45) is 5.10 Å². The van der Waals surface area contributed by atoms with Gasteiger partial charge in [-0.2, -0.15) is 18.3 Å². The summed E-state index contributed by atoms with van der Waals surface area (Å²) < 4.78 is 37.9. The van der Waals surface area contributed by atoms with Crippen LogP contribution in [0.5, 0.6) is 0 Å². The van der Waals surface area contributed by atoms with E-state index >= 15 is 0 Å². The molecule has 0 amide bonds. The Morgan fingerprint density at radius 2 is 2.07 bits per heavy atom. The van der Waals surface area contributed by atoms with Gasteiger partial charge in [-0.25, -0.2) is 4.98 Å². The summed E-state index contributed by atoms with van der Waals surface area (Å²) in [6.45, 7) is 9.84. The van der Waals surface area contributed by atoms with Crippen LogP contribution in [0.4, 0.5) is 24.7 Å². The van der Waals surface area contributed by atoms with Crippen LogP contribution in [-0.4, -0.2) is 23.3 Å². The van der Waals surface area contributed by atoms with Crippen molar-refractivity contribution < 1.29 is 13.2 Å². The van der Waals surface area contributed by atoms with Gasteiger partial charge in [-0.05, 0) is 62.4 Å². The fraction of sp³-hybridized carbons (Fsp3) is 0.455. The number of nitrogens with one attached hydrogen (secondary N) is 1. The highest BCUT2D eigenvalue weighted by atomic mass is 35.5. The maximum absolute atomic E-state index is 12.6. The van der Waals surface area contributed by atoms with Crippen LogP contribution >= 0.6 is 11.6 Å². The molecule has 0 radical (unpaired) electrons. The third-order valence-corrected chi connectivity index (χ3v) is 5.75. The standard InChI is InChI=1S/C22H26ClF3N4/c1-5-8-30-19-10-18(23)15(9-17(19)14(2)11-21(30,3)4)12-28-29-20-7-6-16(13-27-20)22(24,25)26/h6-7,9-10,12-14H,5,8,11H2,1-4H3,(H,27,29)/b28-12+. The van der Waals surface area contributed by atoms with E-state index in [9.17, 15) is 13.2 Å². The molecule has 0 saturated heterocycles. The second-order valence-electron chi connectivity index (χ2n) is 8.30. The van der Waals surface area contributed by atoms with Crippen LogP contribution in [0.1, 0.15) is 63.1 Å². The Hall–Kier alpha value is -2.28. The second kappa shape index (κ2) is 8.46. The van der Waals surface area contributed by atoms with Crippen LogP contribution in [0, 0.1) is 0 Å². The van der Waals surface area contributed by atoms with E-state index in [0.717, 1.165) is 42.9 Å². The van der Waals surface area contributed by atoms with E-state index in [2.05, 4.69) is 48.1 Å². The topological polar surface area (TPSA) is 40.5 Å². The van der Waals surface area contributed by atoms with Crippen molar-refractivity contribution in [2.75, 3.05) is 16.9 Å². The molecule has 0 aliphatic carbocycles. The Labute approximate surface area is 180 Å². The normalized spacial score (nSPS) is 18.5. The predicted molar refractivity (Wildman–Crippen MR) is 117 cm³/mol. The van der Waals surface area contributed by atoms with Crippen LogP contribution in [0.2, 0.25) is 5.02 Å². The van der Waals surface area contributed by atoms with Crippen LogP contribution in [0.15, 0.2) is 35.6 Å². The SMILES string of the molecule is CCCN1c2cc(Cl)c(/C=N/Nc3ccc(C(F)(F)F)cn3)cc2C(C)CC1(C)C. The van der Waals surface area contributed by atoms with Crippen molar-refractivity contribution in [3.05, 3.63) is 52.2 Å². The zero-order valence-corrected chi connectivity index (χ0v) is 18.3. The van der Waals surface area contributed by atoms with Crippen molar-refractivity contribution in [3.8, 4) is 0 Å². The van der Waals surface area contributed by atoms with Crippen molar-refractivity contribution in [1.29, 1.82) is 0 Å². The van der Waals surface area contributed by atoms with Gasteiger partial charge in [0.25, 0.3) is 0 Å². The van der Waals surface area contributed by atoms with E-state index in [0.29, 0.717) is 10.9 Å². The number of rotatable bonds is 5. The third kappa shape index (κ3) is 4.72. The predicted octanol–water partition coefficient (Wildman–Crippen LogP) is 6.70. The molecule has 1 aromatic carbocycles. The Kier molecular flexibility index (Phi) is 6.32. The van der Waals surface area contributed by atoms with Gasteiger partial charge >= 0.3 is 6.18 Å². The molecule has 1 aliphatic heterocycles. The third-order valence-electron chi connectivity index (χ3n) is 5.42. The summed E-state index contributed by atoms with van der Waals surface area (Å²) in [6, 6.07) is 6.23. The Morgan fingerprint density at radius 3 is 2.67 bits per heavy atom. The van der Waals surface area contributed by atoms with Gasteiger partial charge < -0.3 is 4.90 Å². The Balaban J connectivity index is 1.82. The minimum Gasteiger partial charge on any atom is -0.366 e. The molecule has 0 bridgehead atoms. The molecule has 162 valence electrons. The first-order chi connectivity index (χ1) is 14.0. The molecule has 1 atom stereocenters. The Morgan fingerprint density at radius 1 is 1.33 bits per heavy atom. The number of alkyl halides is 3. The molecule has 4 nitrogen and oxygen atoms in total. The van der Waals surface area contributed by atoms with Gasteiger partial charge in [0, 0.05) is 29.5 Å². The van der Waals surface area contributed by atoms with Gasteiger partial charge in [0.2, 0.25) is 0 Å². The lowest BCUT2D eigenvalue weighted by molar-refractivity contribution is -0.137. The highest BCUT2D eigenvalue weighted by Crippen LogP contribution is 2.45. The van der Waals surface area contributed by atoms with Crippen LogP contribution < -0.4 is 10.3 Å². The van der Waals surface area contributed by atoms with Gasteiger partial charge in [0.1, 0.15) is 5.82 Å². The van der Waals surface area contributed by atoms with E-state index in [1.165, 1.54) is 11.6 Å². The van der Waals surface area contributed by atoms with Crippen LogP contribution in [-0.2, 0) is 6.18 Å². The van der Waals surface area contributed by atoms with Crippen LogP contribution in [0.25, 0.3) is 0 Å². The molecule has 3 rings (SSSR count). The molecule has 2 heterocycles. The molecule has 1 aromatic heterocycles. The number of pyridine rings is 1. The lowest BCUT2D eigenvalue weighted by Crippen LogP contribution is -2.48. The molecule has 8 heteroatoms. The number of anilines is 2. The molecular formula is C22H26ClF3N4. The summed E-state index contributed by atoms with van der Waals surface area (Å²) in [5.74, 6) is 0.592. The van der Waals surface area contributed by atoms with E-state index in [1.54, 1.807) is 6.21 Å². The van der Waals surface area contributed by atoms with Gasteiger partial charge in [-0.1, -0.05) is 25.4 Å². The van der Waals surface area contributed by atoms with E-state index < -0.39 is 11.7 Å². The molecule has 1 unspecified atom stereocenters. The maximum Gasteiger partial charge on any atom is 0.417 e. The fourth-order valence-corrected chi connectivity index (χ4v) is 4.27. The lowest BCUT2D eigenvalue weighted by atomic mass is 9.79. The van der Waals surface area contributed by atoms with Crippen molar-refractivity contribution in [3.63, 3.8) is 0 Å². The first kappa shape index (κ1) is 22.4. The molecule has 2 aromatic rings. The Bertz CT molecular complexity index is 923. The average Bonchev–Trinajstić information content (AvgIpc) is 2.65. The van der Waals surface area contributed by atoms with Gasteiger partial charge in [0.15, 0.2) is 0 Å². The summed E-state index contributed by atoms with van der Waals surface area (Å²) in [6.07, 6.45) is 0.00447. The first-order valence-corrected chi connectivity index (χ1v) is 10.3. The van der Waals surface area contributed by atoms with Crippen molar-refractivity contribution in [1.82, 2.24) is 4.98 Å². The number of halogens is 4. The number of hydrogen-bond acceptors (Lipinski definition) is 4. The molecular weight excluding hydrogens is 413 g/mol. The van der Waals surface area contributed by atoms with Gasteiger partial charge in [-0.15, -0.1) is 0 Å². The molecule has 1 aliphatic rings. The highest BCUT2D eigenvalue weighted by molar-refractivity contribution is 6.33. The number of hydrogen-bond donors (Lipinski definition) is 1. The summed E-state index contributed by atoms with van der Waals surface area (Å²) in [5.41, 5.74) is 5.03. The molecule has 0 spiro atoms. The minimum atomic E-state index is -4.41. The largest absolute Gasteiger partial charge is 0.417 e. The van der Waals surface area contributed by atoms with Crippen LogP contribution in [0.3, 0.4) is 0 Å². The minimum absolute atomic E-state index is 0.0527. The van der Waals surface area contributed by atoms with Crippen molar-refractivity contribution in [2.45, 2.75) is 58.2 Å². The zero-order chi connectivity index (χ0) is 22.1. The summed E-state index contributed by atoms with van der Waals surface area (Å²) >= 11 is 6.53. The maximum atomic E-state index is 12.6. The molecule has 30 heavy (non-hydrogen) atoms. The van der Waals surface area contributed by atoms with Gasteiger partial charge in [0.05, 0.1) is 16.8 Å². The van der Waals surface area contributed by atoms with E-state index in [-0.39, 0.29) is 11.4 Å². The number of aromatic nitrogens is 1. The monoisotopic (exact) mass is 438 g/mol. The fourth-order valence-electron chi connectivity index (χ4n) is 4.06. The number of fused-ring (bicyclic) bond motifs is 1. The summed E-state index contributed by atoms with van der Waals surface area (Å²) in [5, 5.41) is 4.68. The molecule has 1 N–H and O–H groups in total. The number of nitrogens with zero attached hydrogens (tertiary/aromatic N) is 3.